The number of carbonyl (C=O) groups excluding carboxylic acids is 2. The molecule has 0 aliphatic carbocycles. The first-order valence-corrected chi connectivity index (χ1v) is 13.7. The minimum atomic E-state index is -0.770. The average Bonchev–Trinajstić information content (AvgIpc) is 2.94. The molecule has 0 unspecified atom stereocenters. The molecule has 2 N–H and O–H groups in total. The van der Waals surface area contributed by atoms with Crippen LogP contribution in [0.3, 0.4) is 0 Å². The number of aliphatic hydroxyl groups excluding tert-OH is 1. The maximum atomic E-state index is 13.6. The lowest BCUT2D eigenvalue weighted by Crippen LogP contribution is -2.31. The number of fused-ring (bicyclic) bond motifs is 1. The third-order valence-corrected chi connectivity index (χ3v) is 6.50. The molecular weight excluding hydrogens is 544 g/mol. The lowest BCUT2D eigenvalue weighted by atomic mass is 10.1. The molecule has 8 nitrogen and oxygen atoms in total. The van der Waals surface area contributed by atoms with Crippen LogP contribution in [0.15, 0.2) is 71.5 Å². The molecule has 0 aliphatic rings. The number of benzene rings is 3. The third-order valence-electron chi connectivity index (χ3n) is 6.50. The molecule has 1 heterocycles. The number of nitrogens with one attached hydrogen (secondary N) is 1. The van der Waals surface area contributed by atoms with Gasteiger partial charge in [-0.3, -0.25) is 19.0 Å². The molecule has 3 aromatic carbocycles. The predicted octanol–water partition coefficient (Wildman–Crippen LogP) is 5.18. The first-order valence-electron chi connectivity index (χ1n) is 13.7. The van der Waals surface area contributed by atoms with Crippen molar-refractivity contribution in [2.75, 3.05) is 6.61 Å². The molecule has 4 rings (SSSR count). The molecule has 0 spiro atoms. The maximum absolute atomic E-state index is 13.6. The fourth-order valence-electron chi connectivity index (χ4n) is 4.51. The molecule has 220 valence electrons. The molecule has 4 aromatic rings. The van der Waals surface area contributed by atoms with Gasteiger partial charge >= 0.3 is 5.97 Å². The summed E-state index contributed by atoms with van der Waals surface area (Å²) >= 11 is 0. The van der Waals surface area contributed by atoms with E-state index >= 15 is 0 Å². The molecule has 42 heavy (non-hydrogen) atoms. The van der Waals surface area contributed by atoms with Crippen molar-refractivity contribution < 1.29 is 28.2 Å². The van der Waals surface area contributed by atoms with Gasteiger partial charge in [-0.05, 0) is 93.8 Å². The summed E-state index contributed by atoms with van der Waals surface area (Å²) in [6, 6.07) is 14.6. The standard InChI is InChI=1S/C32H33F2N3O5/c1-32(2,3)42-29(39)7-5-4-6-28-35-26-18-21(30(40)36-27(19-38)20-8-11-22(33)12-9-20)10-17-25(26)31(41)37(28)24-15-13-23(34)14-16-24/h8-18,27,38H,4-7,19H2,1-3H3,(H,36,40)/t27-/m0/s1. The van der Waals surface area contributed by atoms with Crippen LogP contribution < -0.4 is 10.9 Å². The van der Waals surface area contributed by atoms with Gasteiger partial charge in [-0.2, -0.15) is 0 Å². The summed E-state index contributed by atoms with van der Waals surface area (Å²) in [6.07, 6.45) is 1.56. The molecule has 1 amide bonds. The van der Waals surface area contributed by atoms with E-state index in [1.54, 1.807) is 20.8 Å². The molecule has 1 atom stereocenters. The van der Waals surface area contributed by atoms with E-state index in [1.165, 1.54) is 71.3 Å². The van der Waals surface area contributed by atoms with E-state index in [4.69, 9.17) is 9.72 Å². The number of carbonyl (C=O) groups is 2. The minimum absolute atomic E-state index is 0.204. The zero-order valence-electron chi connectivity index (χ0n) is 23.7. The van der Waals surface area contributed by atoms with Crippen molar-refractivity contribution in [3.05, 3.63) is 106 Å². The number of esters is 1. The van der Waals surface area contributed by atoms with Crippen molar-refractivity contribution in [2.45, 2.75) is 58.1 Å². The fraction of sp³-hybridized carbons (Fsp3) is 0.312. The third kappa shape index (κ3) is 7.64. The van der Waals surface area contributed by atoms with E-state index < -0.39 is 35.8 Å². The highest BCUT2D eigenvalue weighted by molar-refractivity contribution is 5.98. The van der Waals surface area contributed by atoms with Crippen LogP contribution in [0.25, 0.3) is 16.6 Å². The first-order chi connectivity index (χ1) is 19.9. The quantitative estimate of drug-likeness (QED) is 0.199. The van der Waals surface area contributed by atoms with Crippen molar-refractivity contribution in [2.24, 2.45) is 0 Å². The lowest BCUT2D eigenvalue weighted by molar-refractivity contribution is -0.154. The number of hydrogen-bond acceptors (Lipinski definition) is 6. The van der Waals surface area contributed by atoms with Gasteiger partial charge in [0.2, 0.25) is 0 Å². The van der Waals surface area contributed by atoms with Gasteiger partial charge in [0.25, 0.3) is 11.5 Å². The van der Waals surface area contributed by atoms with Crippen LogP contribution in [-0.2, 0) is 16.0 Å². The second-order valence-electron chi connectivity index (χ2n) is 10.9. The summed E-state index contributed by atoms with van der Waals surface area (Å²) < 4.78 is 33.7. The van der Waals surface area contributed by atoms with Gasteiger partial charge in [-0.15, -0.1) is 0 Å². The van der Waals surface area contributed by atoms with Gasteiger partial charge < -0.3 is 15.2 Å². The van der Waals surface area contributed by atoms with E-state index in [9.17, 15) is 28.3 Å². The SMILES string of the molecule is CC(C)(C)OC(=O)CCCCc1nc2cc(C(=O)N[C@@H](CO)c3ccc(F)cc3)ccc2c(=O)n1-c1ccc(F)cc1. The molecule has 0 saturated heterocycles. The summed E-state index contributed by atoms with van der Waals surface area (Å²) in [7, 11) is 0. The van der Waals surface area contributed by atoms with E-state index in [0.717, 1.165) is 0 Å². The number of rotatable bonds is 10. The summed E-state index contributed by atoms with van der Waals surface area (Å²) in [5, 5.41) is 12.8. The van der Waals surface area contributed by atoms with Crippen molar-refractivity contribution in [1.82, 2.24) is 14.9 Å². The number of aromatic nitrogens is 2. The number of aliphatic hydroxyl groups is 1. The van der Waals surface area contributed by atoms with Crippen LogP contribution in [0.4, 0.5) is 8.78 Å². The largest absolute Gasteiger partial charge is 0.460 e. The summed E-state index contributed by atoms with van der Waals surface area (Å²) in [4.78, 5) is 43.5. The van der Waals surface area contributed by atoms with Crippen molar-refractivity contribution >= 4 is 22.8 Å². The van der Waals surface area contributed by atoms with Crippen LogP contribution in [0, 0.1) is 11.6 Å². The van der Waals surface area contributed by atoms with E-state index in [0.29, 0.717) is 36.3 Å². The Morgan fingerprint density at radius 1 is 0.976 bits per heavy atom. The van der Waals surface area contributed by atoms with Gasteiger partial charge in [0.05, 0.1) is 29.2 Å². The highest BCUT2D eigenvalue weighted by Crippen LogP contribution is 2.19. The molecule has 0 fully saturated rings. The Balaban J connectivity index is 1.63. The van der Waals surface area contributed by atoms with E-state index in [1.807, 2.05) is 0 Å². The monoisotopic (exact) mass is 577 g/mol. The lowest BCUT2D eigenvalue weighted by Gasteiger charge is -2.19. The Bertz CT molecular complexity index is 1630. The first kappa shape index (κ1) is 30.5. The number of hydrogen-bond donors (Lipinski definition) is 2. The average molecular weight is 578 g/mol. The number of aryl methyl sites for hydroxylation is 1. The molecule has 0 saturated carbocycles. The summed E-state index contributed by atoms with van der Waals surface area (Å²) in [6.45, 7) is 4.99. The van der Waals surface area contributed by atoms with Crippen molar-refractivity contribution in [1.29, 1.82) is 0 Å². The van der Waals surface area contributed by atoms with Gasteiger partial charge in [0, 0.05) is 18.4 Å². The van der Waals surface area contributed by atoms with Crippen LogP contribution >= 0.6 is 0 Å². The van der Waals surface area contributed by atoms with E-state index in [-0.39, 0.29) is 34.4 Å². The minimum Gasteiger partial charge on any atom is -0.460 e. The molecule has 0 radical (unpaired) electrons. The Morgan fingerprint density at radius 2 is 1.62 bits per heavy atom. The molecular formula is C32H33F2N3O5. The Hall–Kier alpha value is -4.44. The second-order valence-corrected chi connectivity index (χ2v) is 10.9. The van der Waals surface area contributed by atoms with Crippen LogP contribution in [0.1, 0.15) is 67.8 Å². The van der Waals surface area contributed by atoms with Crippen LogP contribution in [-0.4, -0.2) is 38.7 Å². The maximum Gasteiger partial charge on any atom is 0.306 e. The van der Waals surface area contributed by atoms with Gasteiger partial charge in [-0.25, -0.2) is 13.8 Å². The summed E-state index contributed by atoms with van der Waals surface area (Å²) in [5.41, 5.74) is 0.494. The number of ether oxygens (including phenoxy) is 1. The van der Waals surface area contributed by atoms with Crippen LogP contribution in [0.5, 0.6) is 0 Å². The predicted molar refractivity (Wildman–Crippen MR) is 154 cm³/mol. The smallest absolute Gasteiger partial charge is 0.306 e. The molecule has 0 aliphatic heterocycles. The Morgan fingerprint density at radius 3 is 2.24 bits per heavy atom. The van der Waals surface area contributed by atoms with Gasteiger partial charge in [0.15, 0.2) is 0 Å². The van der Waals surface area contributed by atoms with Gasteiger partial charge in [-0.1, -0.05) is 12.1 Å². The van der Waals surface area contributed by atoms with Crippen molar-refractivity contribution in [3.8, 4) is 5.69 Å². The molecule has 0 bridgehead atoms. The van der Waals surface area contributed by atoms with Crippen molar-refractivity contribution in [3.63, 3.8) is 0 Å². The molecule has 1 aromatic heterocycles. The number of halogens is 2. The topological polar surface area (TPSA) is 111 Å². The van der Waals surface area contributed by atoms with Gasteiger partial charge in [0.1, 0.15) is 23.1 Å². The highest BCUT2D eigenvalue weighted by atomic mass is 19.1. The summed E-state index contributed by atoms with van der Waals surface area (Å²) in [5.74, 6) is -1.32. The zero-order chi connectivity index (χ0) is 30.4. The molecule has 10 heteroatoms. The normalized spacial score (nSPS) is 12.2. The Labute approximate surface area is 242 Å². The van der Waals surface area contributed by atoms with Crippen LogP contribution in [0.2, 0.25) is 0 Å². The number of amides is 1. The zero-order valence-corrected chi connectivity index (χ0v) is 23.7. The number of nitrogens with zero attached hydrogens (tertiary/aromatic N) is 2. The Kier molecular flexibility index (Phi) is 9.47. The second kappa shape index (κ2) is 13.0. The number of unbranched alkanes of at least 4 members (excludes halogenated alkanes) is 1. The highest BCUT2D eigenvalue weighted by Gasteiger charge is 2.19. The fourth-order valence-corrected chi connectivity index (χ4v) is 4.51. The van der Waals surface area contributed by atoms with E-state index in [2.05, 4.69) is 5.32 Å².